The molecule has 1 saturated carbocycles. The highest BCUT2D eigenvalue weighted by atomic mass is 19.4. The molecule has 1 fully saturated rings. The lowest BCUT2D eigenvalue weighted by molar-refractivity contribution is -0.205. The van der Waals surface area contributed by atoms with Crippen molar-refractivity contribution in [3.8, 4) is 6.07 Å². The summed E-state index contributed by atoms with van der Waals surface area (Å²) in [4.78, 5) is 0. The molecule has 0 N–H and O–H groups in total. The van der Waals surface area contributed by atoms with E-state index in [0.717, 1.165) is 0 Å². The molecule has 0 saturated heterocycles. The van der Waals surface area contributed by atoms with E-state index in [9.17, 15) is 13.2 Å². The topological polar surface area (TPSA) is 23.8 Å². The van der Waals surface area contributed by atoms with Crippen LogP contribution in [0.15, 0.2) is 0 Å². The lowest BCUT2D eigenvalue weighted by Crippen LogP contribution is -2.37. The highest BCUT2D eigenvalue weighted by molar-refractivity contribution is 4.98. The van der Waals surface area contributed by atoms with Crippen molar-refractivity contribution in [1.29, 1.82) is 5.26 Å². The van der Waals surface area contributed by atoms with Gasteiger partial charge in [-0.25, -0.2) is 0 Å². The van der Waals surface area contributed by atoms with E-state index in [1.165, 1.54) is 0 Å². The Morgan fingerprint density at radius 3 is 2.00 bits per heavy atom. The molecule has 0 bridgehead atoms. The molecule has 0 heterocycles. The monoisotopic (exact) mass is 149 g/mol. The summed E-state index contributed by atoms with van der Waals surface area (Å²) in [5.74, 6) is -2.13. The zero-order valence-electron chi connectivity index (χ0n) is 5.15. The van der Waals surface area contributed by atoms with Crippen molar-refractivity contribution in [1.82, 2.24) is 0 Å². The first kappa shape index (κ1) is 7.39. The second kappa shape index (κ2) is 2.15. The molecule has 1 rings (SSSR count). The summed E-state index contributed by atoms with van der Waals surface area (Å²) in [5.41, 5.74) is 0. The number of nitriles is 1. The molecule has 0 amide bonds. The van der Waals surface area contributed by atoms with Crippen LogP contribution in [0.5, 0.6) is 0 Å². The van der Waals surface area contributed by atoms with Crippen LogP contribution in [0.3, 0.4) is 0 Å². The average molecular weight is 149 g/mol. The van der Waals surface area contributed by atoms with E-state index < -0.39 is 18.0 Å². The molecule has 56 valence electrons. The number of halogens is 3. The molecule has 1 nitrogen and oxygen atoms in total. The first-order valence-electron chi connectivity index (χ1n) is 3.02. The highest BCUT2D eigenvalue weighted by Crippen LogP contribution is 2.44. The van der Waals surface area contributed by atoms with E-state index in [-0.39, 0.29) is 6.42 Å². The summed E-state index contributed by atoms with van der Waals surface area (Å²) < 4.78 is 35.4. The van der Waals surface area contributed by atoms with Gasteiger partial charge in [-0.1, -0.05) is 0 Å². The minimum atomic E-state index is -4.15. The number of hydrogen-bond donors (Lipinski definition) is 0. The van der Waals surface area contributed by atoms with Crippen LogP contribution in [0.4, 0.5) is 13.2 Å². The van der Waals surface area contributed by atoms with Crippen molar-refractivity contribution in [3.05, 3.63) is 0 Å². The molecule has 0 aliphatic heterocycles. The molecule has 2 atom stereocenters. The van der Waals surface area contributed by atoms with Crippen LogP contribution in [0, 0.1) is 23.2 Å². The Balaban J connectivity index is 2.53. The number of alkyl halides is 3. The molecule has 0 aromatic heterocycles. The van der Waals surface area contributed by atoms with E-state index in [0.29, 0.717) is 6.42 Å². The molecule has 1 aliphatic rings. The van der Waals surface area contributed by atoms with Crippen molar-refractivity contribution in [2.24, 2.45) is 11.8 Å². The maximum absolute atomic E-state index is 11.8. The Morgan fingerprint density at radius 1 is 1.30 bits per heavy atom. The predicted molar refractivity (Wildman–Crippen MR) is 27.9 cm³/mol. The van der Waals surface area contributed by atoms with Gasteiger partial charge in [-0.05, 0) is 12.8 Å². The van der Waals surface area contributed by atoms with Gasteiger partial charge in [0.2, 0.25) is 0 Å². The van der Waals surface area contributed by atoms with E-state index in [2.05, 4.69) is 0 Å². The first-order valence-corrected chi connectivity index (χ1v) is 3.02. The van der Waals surface area contributed by atoms with Crippen molar-refractivity contribution >= 4 is 0 Å². The van der Waals surface area contributed by atoms with Gasteiger partial charge in [-0.15, -0.1) is 0 Å². The lowest BCUT2D eigenvalue weighted by atomic mass is 9.74. The summed E-state index contributed by atoms with van der Waals surface area (Å²) in [5, 5.41) is 8.17. The molecule has 0 spiro atoms. The maximum atomic E-state index is 11.8. The zero-order chi connectivity index (χ0) is 7.78. The Hall–Kier alpha value is -0.720. The second-order valence-corrected chi connectivity index (χ2v) is 2.46. The summed E-state index contributed by atoms with van der Waals surface area (Å²) in [7, 11) is 0. The smallest absolute Gasteiger partial charge is 0.198 e. The summed E-state index contributed by atoms with van der Waals surface area (Å²) in [6, 6.07) is 1.64. The van der Waals surface area contributed by atoms with Gasteiger partial charge in [0.25, 0.3) is 0 Å². The Labute approximate surface area is 56.4 Å². The van der Waals surface area contributed by atoms with Gasteiger partial charge < -0.3 is 0 Å². The fourth-order valence-electron chi connectivity index (χ4n) is 1.05. The summed E-state index contributed by atoms with van der Waals surface area (Å²) in [6.45, 7) is 0. The lowest BCUT2D eigenvalue weighted by Gasteiger charge is -2.32. The fourth-order valence-corrected chi connectivity index (χ4v) is 1.05. The Morgan fingerprint density at radius 2 is 1.90 bits per heavy atom. The van der Waals surface area contributed by atoms with Crippen LogP contribution in [0.2, 0.25) is 0 Å². The van der Waals surface area contributed by atoms with E-state index >= 15 is 0 Å². The van der Waals surface area contributed by atoms with Crippen LogP contribution in [-0.4, -0.2) is 6.18 Å². The molecule has 4 heteroatoms. The third kappa shape index (κ3) is 1.08. The van der Waals surface area contributed by atoms with Crippen molar-refractivity contribution < 1.29 is 13.2 Å². The fraction of sp³-hybridized carbons (Fsp3) is 0.833. The Bertz CT molecular complexity index is 167. The Kier molecular flexibility index (Phi) is 1.59. The van der Waals surface area contributed by atoms with Gasteiger partial charge in [0, 0.05) is 0 Å². The van der Waals surface area contributed by atoms with Crippen LogP contribution in [-0.2, 0) is 0 Å². The molecular weight excluding hydrogens is 143 g/mol. The second-order valence-electron chi connectivity index (χ2n) is 2.46. The number of rotatable bonds is 0. The molecule has 10 heavy (non-hydrogen) atoms. The van der Waals surface area contributed by atoms with E-state index in [1.807, 2.05) is 0 Å². The molecule has 0 unspecified atom stereocenters. The maximum Gasteiger partial charge on any atom is 0.393 e. The van der Waals surface area contributed by atoms with E-state index in [1.54, 1.807) is 6.07 Å². The predicted octanol–water partition coefficient (Wildman–Crippen LogP) is 2.10. The minimum absolute atomic E-state index is 0.127. The normalized spacial score (nSPS) is 32.6. The standard InChI is InChI=1S/C6H6F3N/c7-6(8,9)5-2-1-4(5)3-10/h4-5H,1-2H2/t4-,5+/m0/s1. The molecular formula is C6H6F3N. The zero-order valence-corrected chi connectivity index (χ0v) is 5.15. The molecule has 0 aromatic carbocycles. The first-order chi connectivity index (χ1) is 4.55. The SMILES string of the molecule is N#C[C@@H]1CC[C@H]1C(F)(F)F. The molecule has 0 aromatic rings. The van der Waals surface area contributed by atoms with Gasteiger partial charge >= 0.3 is 6.18 Å². The van der Waals surface area contributed by atoms with Gasteiger partial charge in [0.1, 0.15) is 0 Å². The van der Waals surface area contributed by atoms with Crippen molar-refractivity contribution in [2.45, 2.75) is 19.0 Å². The van der Waals surface area contributed by atoms with Crippen molar-refractivity contribution in [3.63, 3.8) is 0 Å². The summed E-state index contributed by atoms with van der Waals surface area (Å²) >= 11 is 0. The molecule has 1 aliphatic carbocycles. The third-order valence-electron chi connectivity index (χ3n) is 1.86. The minimum Gasteiger partial charge on any atom is -0.198 e. The number of nitrogens with zero attached hydrogens (tertiary/aromatic N) is 1. The van der Waals surface area contributed by atoms with Crippen LogP contribution in [0.25, 0.3) is 0 Å². The van der Waals surface area contributed by atoms with Crippen LogP contribution >= 0.6 is 0 Å². The van der Waals surface area contributed by atoms with Crippen molar-refractivity contribution in [2.75, 3.05) is 0 Å². The van der Waals surface area contributed by atoms with E-state index in [4.69, 9.17) is 5.26 Å². The van der Waals surface area contributed by atoms with Crippen LogP contribution < -0.4 is 0 Å². The average Bonchev–Trinajstić information content (AvgIpc) is 1.57. The molecule has 0 radical (unpaired) electrons. The van der Waals surface area contributed by atoms with Crippen LogP contribution in [0.1, 0.15) is 12.8 Å². The van der Waals surface area contributed by atoms with Gasteiger partial charge in [0.15, 0.2) is 0 Å². The number of hydrogen-bond acceptors (Lipinski definition) is 1. The highest BCUT2D eigenvalue weighted by Gasteiger charge is 2.49. The quantitative estimate of drug-likeness (QED) is 0.517. The summed E-state index contributed by atoms with van der Waals surface area (Å²) in [6.07, 6.45) is -3.62. The van der Waals surface area contributed by atoms with Gasteiger partial charge in [0.05, 0.1) is 17.9 Å². The largest absolute Gasteiger partial charge is 0.393 e. The van der Waals surface area contributed by atoms with Gasteiger partial charge in [-0.3, -0.25) is 0 Å². The van der Waals surface area contributed by atoms with Gasteiger partial charge in [-0.2, -0.15) is 18.4 Å². The third-order valence-corrected chi connectivity index (χ3v) is 1.86.